The van der Waals surface area contributed by atoms with Crippen LogP contribution in [0.1, 0.15) is 16.7 Å². The SMILES string of the molecule is C=CCN1OCc2cnc(Nc3ccc(N4CCOCC4)c(C)c3)nc2N1c1cccc(CNC)c1. The van der Waals surface area contributed by atoms with Gasteiger partial charge in [-0.15, -0.1) is 6.58 Å². The normalized spacial score (nSPS) is 16.1. The lowest BCUT2D eigenvalue weighted by atomic mass is 10.1. The highest BCUT2D eigenvalue weighted by Crippen LogP contribution is 2.35. The van der Waals surface area contributed by atoms with Crippen molar-refractivity contribution in [2.24, 2.45) is 0 Å². The molecule has 2 aliphatic rings. The van der Waals surface area contributed by atoms with E-state index in [0.717, 1.165) is 55.6 Å². The van der Waals surface area contributed by atoms with Gasteiger partial charge < -0.3 is 20.3 Å². The van der Waals surface area contributed by atoms with Gasteiger partial charge in [0.05, 0.1) is 25.4 Å². The molecule has 1 saturated heterocycles. The van der Waals surface area contributed by atoms with E-state index in [4.69, 9.17) is 14.6 Å². The number of hydroxylamine groups is 1. The number of ether oxygens (including phenoxy) is 1. The number of benzene rings is 2. The predicted molar refractivity (Wildman–Crippen MR) is 143 cm³/mol. The molecule has 0 unspecified atom stereocenters. The van der Waals surface area contributed by atoms with E-state index in [9.17, 15) is 0 Å². The van der Waals surface area contributed by atoms with E-state index in [1.54, 1.807) is 5.17 Å². The average Bonchev–Trinajstić information content (AvgIpc) is 2.90. The zero-order chi connectivity index (χ0) is 24.9. The molecular weight excluding hydrogens is 454 g/mol. The van der Waals surface area contributed by atoms with E-state index in [1.165, 1.54) is 16.8 Å². The van der Waals surface area contributed by atoms with Gasteiger partial charge >= 0.3 is 0 Å². The number of aryl methyl sites for hydroxylation is 1. The fourth-order valence-electron chi connectivity index (χ4n) is 4.57. The molecule has 0 bridgehead atoms. The third-order valence-electron chi connectivity index (χ3n) is 6.26. The molecule has 0 atom stereocenters. The van der Waals surface area contributed by atoms with Gasteiger partial charge in [-0.1, -0.05) is 23.4 Å². The Labute approximate surface area is 212 Å². The molecule has 0 amide bonds. The van der Waals surface area contributed by atoms with Crippen molar-refractivity contribution >= 4 is 28.8 Å². The van der Waals surface area contributed by atoms with Gasteiger partial charge in [0.1, 0.15) is 6.61 Å². The summed E-state index contributed by atoms with van der Waals surface area (Å²) < 4.78 is 5.50. The third kappa shape index (κ3) is 5.19. The lowest BCUT2D eigenvalue weighted by molar-refractivity contribution is -0.171. The first-order valence-electron chi connectivity index (χ1n) is 12.3. The minimum atomic E-state index is 0.392. The summed E-state index contributed by atoms with van der Waals surface area (Å²) in [5, 5.41) is 10.4. The second kappa shape index (κ2) is 11.0. The Morgan fingerprint density at radius 3 is 2.78 bits per heavy atom. The number of nitrogens with one attached hydrogen (secondary N) is 2. The first-order valence-corrected chi connectivity index (χ1v) is 12.3. The van der Waals surface area contributed by atoms with Crippen LogP contribution in [0.5, 0.6) is 0 Å². The number of hydrogen-bond acceptors (Lipinski definition) is 9. The van der Waals surface area contributed by atoms with Crippen molar-refractivity contribution in [3.05, 3.63) is 78.0 Å². The van der Waals surface area contributed by atoms with Crippen LogP contribution in [0.15, 0.2) is 61.3 Å². The number of hydrogen-bond donors (Lipinski definition) is 2. The number of morpholine rings is 1. The molecule has 5 rings (SSSR count). The first kappa shape index (κ1) is 24.2. The molecule has 2 N–H and O–H groups in total. The summed E-state index contributed by atoms with van der Waals surface area (Å²) in [6.07, 6.45) is 3.64. The van der Waals surface area contributed by atoms with Crippen LogP contribution in [0, 0.1) is 6.92 Å². The first-order chi connectivity index (χ1) is 17.7. The van der Waals surface area contributed by atoms with Gasteiger partial charge in [0.2, 0.25) is 5.95 Å². The lowest BCUT2D eigenvalue weighted by Crippen LogP contribution is -2.43. The minimum absolute atomic E-state index is 0.392. The number of hydrazine groups is 1. The molecule has 36 heavy (non-hydrogen) atoms. The summed E-state index contributed by atoms with van der Waals surface area (Å²) in [5.41, 5.74) is 6.43. The number of anilines is 5. The van der Waals surface area contributed by atoms with Gasteiger partial charge in [-0.3, -0.25) is 4.84 Å². The van der Waals surface area contributed by atoms with Gasteiger partial charge in [0, 0.05) is 42.8 Å². The smallest absolute Gasteiger partial charge is 0.229 e. The second-order valence-corrected chi connectivity index (χ2v) is 8.88. The van der Waals surface area contributed by atoms with Gasteiger partial charge in [-0.25, -0.2) is 9.99 Å². The number of aromatic nitrogens is 2. The molecule has 9 heteroatoms. The van der Waals surface area contributed by atoms with Crippen LogP contribution in [-0.2, 0) is 22.7 Å². The summed E-state index contributed by atoms with van der Waals surface area (Å²) in [6, 6.07) is 14.7. The minimum Gasteiger partial charge on any atom is -0.378 e. The molecule has 1 fully saturated rings. The van der Waals surface area contributed by atoms with E-state index < -0.39 is 0 Å². The number of rotatable bonds is 8. The maximum absolute atomic E-state index is 6.01. The Hall–Kier alpha value is -3.50. The molecule has 9 nitrogen and oxygen atoms in total. The van der Waals surface area contributed by atoms with Crippen LogP contribution in [0.2, 0.25) is 0 Å². The molecule has 2 aromatic carbocycles. The van der Waals surface area contributed by atoms with Gasteiger partial charge in [-0.2, -0.15) is 4.98 Å². The summed E-state index contributed by atoms with van der Waals surface area (Å²) in [4.78, 5) is 17.9. The molecule has 0 radical (unpaired) electrons. The van der Waals surface area contributed by atoms with Crippen LogP contribution in [-0.4, -0.2) is 55.0 Å². The third-order valence-corrected chi connectivity index (χ3v) is 6.26. The molecule has 188 valence electrons. The number of fused-ring (bicyclic) bond motifs is 1. The fraction of sp³-hybridized carbons (Fsp3) is 0.333. The van der Waals surface area contributed by atoms with E-state index in [0.29, 0.717) is 19.1 Å². The van der Waals surface area contributed by atoms with Crippen molar-refractivity contribution in [3.8, 4) is 0 Å². The van der Waals surface area contributed by atoms with Gasteiger partial charge in [0.25, 0.3) is 0 Å². The highest BCUT2D eigenvalue weighted by molar-refractivity contribution is 5.67. The largest absolute Gasteiger partial charge is 0.378 e. The second-order valence-electron chi connectivity index (χ2n) is 8.88. The standard InChI is InChI=1S/C27H33N7O2/c1-4-10-33-34(24-7-5-6-21(16-24)17-28-3)26-22(19-36-33)18-29-27(31-26)30-23-8-9-25(20(2)15-23)32-11-13-35-14-12-32/h4-9,15-16,18,28H,1,10-14,17,19H2,2-3H3,(H,29,30,31). The zero-order valence-electron chi connectivity index (χ0n) is 20.9. The van der Waals surface area contributed by atoms with Crippen LogP contribution >= 0.6 is 0 Å². The Kier molecular flexibility index (Phi) is 7.43. The average molecular weight is 488 g/mol. The molecular formula is C27H33N7O2. The summed E-state index contributed by atoms with van der Waals surface area (Å²) in [5.74, 6) is 1.31. The summed E-state index contributed by atoms with van der Waals surface area (Å²) in [7, 11) is 1.94. The molecule has 0 spiro atoms. The summed E-state index contributed by atoms with van der Waals surface area (Å²) in [6.45, 7) is 11.1. The van der Waals surface area contributed by atoms with Gasteiger partial charge in [0.15, 0.2) is 5.82 Å². The number of nitrogens with zero attached hydrogens (tertiary/aromatic N) is 5. The van der Waals surface area contributed by atoms with E-state index in [-0.39, 0.29) is 0 Å². The molecule has 3 aromatic rings. The topological polar surface area (TPSA) is 78.0 Å². The Morgan fingerprint density at radius 2 is 2.00 bits per heavy atom. The van der Waals surface area contributed by atoms with Crippen LogP contribution in [0.3, 0.4) is 0 Å². The van der Waals surface area contributed by atoms with Crippen molar-refractivity contribution < 1.29 is 9.57 Å². The zero-order valence-corrected chi connectivity index (χ0v) is 20.9. The monoisotopic (exact) mass is 487 g/mol. The van der Waals surface area contributed by atoms with Crippen LogP contribution in [0.25, 0.3) is 0 Å². The molecule has 0 aliphatic carbocycles. The highest BCUT2D eigenvalue weighted by atomic mass is 16.7. The molecule has 0 saturated carbocycles. The molecule has 1 aromatic heterocycles. The maximum atomic E-state index is 6.01. The van der Waals surface area contributed by atoms with E-state index in [2.05, 4.69) is 70.4 Å². The highest BCUT2D eigenvalue weighted by Gasteiger charge is 2.28. The van der Waals surface area contributed by atoms with E-state index >= 15 is 0 Å². The Bertz CT molecular complexity index is 1210. The quantitative estimate of drug-likeness (QED) is 0.457. The molecule has 2 aliphatic heterocycles. The van der Waals surface area contributed by atoms with Crippen molar-refractivity contribution in [2.45, 2.75) is 20.1 Å². The van der Waals surface area contributed by atoms with Crippen molar-refractivity contribution in [2.75, 3.05) is 55.1 Å². The Balaban J connectivity index is 1.44. The summed E-state index contributed by atoms with van der Waals surface area (Å²) >= 11 is 0. The van der Waals surface area contributed by atoms with Crippen molar-refractivity contribution in [1.29, 1.82) is 0 Å². The van der Waals surface area contributed by atoms with Crippen LogP contribution < -0.4 is 20.5 Å². The van der Waals surface area contributed by atoms with Gasteiger partial charge in [-0.05, 0) is 55.4 Å². The predicted octanol–water partition coefficient (Wildman–Crippen LogP) is 4.07. The fourth-order valence-corrected chi connectivity index (χ4v) is 4.57. The van der Waals surface area contributed by atoms with E-state index in [1.807, 2.05) is 30.4 Å². The lowest BCUT2D eigenvalue weighted by Gasteiger charge is -2.38. The Morgan fingerprint density at radius 1 is 1.14 bits per heavy atom. The van der Waals surface area contributed by atoms with Crippen LogP contribution in [0.4, 0.5) is 28.8 Å². The van der Waals surface area contributed by atoms with Crippen molar-refractivity contribution in [3.63, 3.8) is 0 Å². The van der Waals surface area contributed by atoms with Crippen molar-refractivity contribution in [1.82, 2.24) is 20.5 Å². The molecule has 3 heterocycles. The maximum Gasteiger partial charge on any atom is 0.229 e.